The number of pyridine rings is 1. The summed E-state index contributed by atoms with van der Waals surface area (Å²) in [7, 11) is 0.251. The predicted octanol–water partition coefficient (Wildman–Crippen LogP) is 1.50. The number of carbonyl (C=O) groups excluding carboxylic acids is 1. The number of ether oxygens (including phenoxy) is 2. The number of anilines is 1. The van der Waals surface area contributed by atoms with Crippen molar-refractivity contribution in [2.45, 2.75) is 12.5 Å². The maximum Gasteiger partial charge on any atom is 0.278 e. The van der Waals surface area contributed by atoms with Gasteiger partial charge in [0.1, 0.15) is 11.6 Å². The van der Waals surface area contributed by atoms with E-state index < -0.39 is 33.0 Å². The third kappa shape index (κ3) is 4.24. The number of sulfonamides is 1. The van der Waals surface area contributed by atoms with E-state index >= 15 is 0 Å². The highest BCUT2D eigenvalue weighted by atomic mass is 32.2. The second kappa shape index (κ2) is 8.02. The van der Waals surface area contributed by atoms with Crippen molar-refractivity contribution in [2.24, 2.45) is 0 Å². The zero-order valence-electron chi connectivity index (χ0n) is 17.3. The fourth-order valence-corrected chi connectivity index (χ4v) is 4.68. The highest BCUT2D eigenvalue weighted by Crippen LogP contribution is 2.32. The number of methoxy groups -OCH3 is 2. The lowest BCUT2D eigenvalue weighted by molar-refractivity contribution is 0.101. The molecule has 2 heterocycles. The molecule has 0 bridgehead atoms. The van der Waals surface area contributed by atoms with Gasteiger partial charge in [-0.2, -0.15) is 0 Å². The second-order valence-corrected chi connectivity index (χ2v) is 9.10. The summed E-state index contributed by atoms with van der Waals surface area (Å²) in [5, 5.41) is 13.2. The van der Waals surface area contributed by atoms with Crippen LogP contribution in [0.15, 0.2) is 30.5 Å². The van der Waals surface area contributed by atoms with Crippen LogP contribution in [-0.4, -0.2) is 56.6 Å². The first-order chi connectivity index (χ1) is 14.5. The van der Waals surface area contributed by atoms with E-state index in [0.29, 0.717) is 5.75 Å². The Morgan fingerprint density at radius 2 is 2.03 bits per heavy atom. The van der Waals surface area contributed by atoms with Gasteiger partial charge in [0.2, 0.25) is 16.0 Å². The van der Waals surface area contributed by atoms with Crippen molar-refractivity contribution in [3.63, 3.8) is 0 Å². The number of hydrogen-bond donors (Lipinski definition) is 3. The van der Waals surface area contributed by atoms with Gasteiger partial charge in [0.05, 0.1) is 31.7 Å². The van der Waals surface area contributed by atoms with Crippen molar-refractivity contribution < 1.29 is 27.1 Å². The molecular weight excluding hydrogens is 429 g/mol. The summed E-state index contributed by atoms with van der Waals surface area (Å²) in [4.78, 5) is 16.7. The van der Waals surface area contributed by atoms with E-state index in [4.69, 9.17) is 14.9 Å². The SMILES string of the molecule is COc1cnc(C(=O)Nc2ccc(F)c([C@]3(C)CS(=O)(=O)N(C)C(=N)N3)c2)c(OC)c1. The van der Waals surface area contributed by atoms with Crippen LogP contribution in [-0.2, 0) is 15.6 Å². The van der Waals surface area contributed by atoms with Gasteiger partial charge in [0.25, 0.3) is 5.91 Å². The number of nitrogens with zero attached hydrogens (tertiary/aromatic N) is 2. The van der Waals surface area contributed by atoms with Gasteiger partial charge in [-0.25, -0.2) is 22.1 Å². The number of benzene rings is 1. The molecule has 1 amide bonds. The molecular formula is C19H22FN5O5S. The lowest BCUT2D eigenvalue weighted by Gasteiger charge is -2.40. The third-order valence-corrected chi connectivity index (χ3v) is 6.87. The van der Waals surface area contributed by atoms with E-state index in [2.05, 4.69) is 15.6 Å². The van der Waals surface area contributed by atoms with Gasteiger partial charge < -0.3 is 20.1 Å². The molecule has 2 aromatic rings. The minimum atomic E-state index is -3.82. The van der Waals surface area contributed by atoms with Gasteiger partial charge in [-0.1, -0.05) is 0 Å². The van der Waals surface area contributed by atoms with Crippen LogP contribution in [0.25, 0.3) is 0 Å². The van der Waals surface area contributed by atoms with Crippen molar-refractivity contribution in [1.82, 2.24) is 14.6 Å². The molecule has 0 aliphatic carbocycles. The molecule has 3 rings (SSSR count). The van der Waals surface area contributed by atoms with Crippen LogP contribution >= 0.6 is 0 Å². The van der Waals surface area contributed by atoms with Crippen LogP contribution in [0.4, 0.5) is 10.1 Å². The summed E-state index contributed by atoms with van der Waals surface area (Å²) < 4.78 is 50.5. The summed E-state index contributed by atoms with van der Waals surface area (Å²) >= 11 is 0. The van der Waals surface area contributed by atoms with Crippen molar-refractivity contribution >= 4 is 27.6 Å². The molecule has 0 saturated carbocycles. The third-order valence-electron chi connectivity index (χ3n) is 4.91. The molecule has 0 unspecified atom stereocenters. The van der Waals surface area contributed by atoms with Crippen molar-refractivity contribution in [3.8, 4) is 11.5 Å². The average molecular weight is 451 g/mol. The molecule has 1 aromatic carbocycles. The second-order valence-electron chi connectivity index (χ2n) is 7.10. The molecule has 0 radical (unpaired) electrons. The molecule has 3 N–H and O–H groups in total. The number of rotatable bonds is 5. The van der Waals surface area contributed by atoms with E-state index in [1.807, 2.05) is 0 Å². The number of guanidine groups is 1. The molecule has 1 aliphatic rings. The van der Waals surface area contributed by atoms with Crippen molar-refractivity contribution in [2.75, 3.05) is 32.3 Å². The fourth-order valence-electron chi connectivity index (χ4n) is 3.20. The Hall–Kier alpha value is -3.41. The van der Waals surface area contributed by atoms with Crippen LogP contribution in [0.1, 0.15) is 23.0 Å². The van der Waals surface area contributed by atoms with Gasteiger partial charge >= 0.3 is 0 Å². The van der Waals surface area contributed by atoms with E-state index in [0.717, 1.165) is 10.4 Å². The molecule has 166 valence electrons. The van der Waals surface area contributed by atoms with E-state index in [9.17, 15) is 17.6 Å². The molecule has 1 aromatic heterocycles. The molecule has 1 saturated heterocycles. The Labute approximate surface area is 178 Å². The standard InChI is InChI=1S/C19H22FN5O5S/c1-19(10-31(27,28)25(2)18(21)24-19)13-7-11(5-6-14(13)20)23-17(26)16-15(30-4)8-12(29-3)9-22-16/h5-9H,10H2,1-4H3,(H2,21,24)(H,23,26)/t19-/m0/s1. The highest BCUT2D eigenvalue weighted by Gasteiger charge is 2.43. The summed E-state index contributed by atoms with van der Waals surface area (Å²) in [6, 6.07) is 5.28. The number of amides is 1. The molecule has 1 atom stereocenters. The molecule has 31 heavy (non-hydrogen) atoms. The van der Waals surface area contributed by atoms with Crippen LogP contribution in [0, 0.1) is 11.2 Å². The number of halogens is 1. The van der Waals surface area contributed by atoms with Gasteiger partial charge in [-0.15, -0.1) is 0 Å². The van der Waals surface area contributed by atoms with E-state index in [-0.39, 0.29) is 28.7 Å². The molecule has 1 aliphatic heterocycles. The Morgan fingerprint density at radius 1 is 1.32 bits per heavy atom. The fraction of sp³-hybridized carbons (Fsp3) is 0.316. The molecule has 1 fully saturated rings. The summed E-state index contributed by atoms with van der Waals surface area (Å²) in [6.45, 7) is 1.48. The zero-order chi connectivity index (χ0) is 23.0. The smallest absolute Gasteiger partial charge is 0.278 e. The molecule has 10 nitrogen and oxygen atoms in total. The molecule has 12 heteroatoms. The zero-order valence-corrected chi connectivity index (χ0v) is 18.1. The Morgan fingerprint density at radius 3 is 2.65 bits per heavy atom. The first-order valence-electron chi connectivity index (χ1n) is 9.03. The quantitative estimate of drug-likeness (QED) is 0.627. The minimum absolute atomic E-state index is 0.0119. The van der Waals surface area contributed by atoms with E-state index in [1.165, 1.54) is 52.6 Å². The summed E-state index contributed by atoms with van der Waals surface area (Å²) in [5.41, 5.74) is -1.22. The van der Waals surface area contributed by atoms with E-state index in [1.54, 1.807) is 0 Å². The normalized spacial score (nSPS) is 20.0. The number of aromatic nitrogens is 1. The lowest BCUT2D eigenvalue weighted by Crippen LogP contribution is -2.61. The number of hydrogen-bond acceptors (Lipinski definition) is 7. The maximum atomic E-state index is 14.7. The first-order valence-corrected chi connectivity index (χ1v) is 10.6. The van der Waals surface area contributed by atoms with Crippen LogP contribution in [0.3, 0.4) is 0 Å². The van der Waals surface area contributed by atoms with Crippen LogP contribution < -0.4 is 20.1 Å². The predicted molar refractivity (Wildman–Crippen MR) is 111 cm³/mol. The van der Waals surface area contributed by atoms with Gasteiger partial charge in [-0.3, -0.25) is 10.2 Å². The summed E-state index contributed by atoms with van der Waals surface area (Å²) in [5.74, 6) is -1.56. The topological polar surface area (TPSA) is 134 Å². The van der Waals surface area contributed by atoms with Crippen LogP contribution in [0.2, 0.25) is 0 Å². The first kappa shape index (κ1) is 22.3. The minimum Gasteiger partial charge on any atom is -0.495 e. The maximum absolute atomic E-state index is 14.7. The largest absolute Gasteiger partial charge is 0.495 e. The Balaban J connectivity index is 1.93. The average Bonchev–Trinajstić information content (AvgIpc) is 2.72. The Bertz CT molecular complexity index is 1160. The van der Waals surface area contributed by atoms with Gasteiger partial charge in [0.15, 0.2) is 11.4 Å². The molecule has 0 spiro atoms. The van der Waals surface area contributed by atoms with Gasteiger partial charge in [-0.05, 0) is 25.1 Å². The Kier molecular flexibility index (Phi) is 5.77. The monoisotopic (exact) mass is 451 g/mol. The lowest BCUT2D eigenvalue weighted by atomic mass is 9.93. The van der Waals surface area contributed by atoms with Crippen LogP contribution in [0.5, 0.6) is 11.5 Å². The van der Waals surface area contributed by atoms with Gasteiger partial charge in [0, 0.05) is 24.4 Å². The number of carbonyl (C=O) groups is 1. The summed E-state index contributed by atoms with van der Waals surface area (Å²) in [6.07, 6.45) is 1.35. The highest BCUT2D eigenvalue weighted by molar-refractivity contribution is 7.89. The van der Waals surface area contributed by atoms with Crippen molar-refractivity contribution in [1.29, 1.82) is 5.41 Å². The number of nitrogens with one attached hydrogen (secondary N) is 3. The van der Waals surface area contributed by atoms with Crippen molar-refractivity contribution in [3.05, 3.63) is 47.5 Å².